The fraction of sp³-hybridized carbons (Fsp3) is 0.529. The van der Waals surface area contributed by atoms with Crippen molar-refractivity contribution in [1.29, 1.82) is 0 Å². The van der Waals surface area contributed by atoms with E-state index >= 15 is 0 Å². The number of carbonyl (C=O) groups excluding carboxylic acids is 1. The van der Waals surface area contributed by atoms with Gasteiger partial charge in [-0.25, -0.2) is 0 Å². The van der Waals surface area contributed by atoms with E-state index in [-0.39, 0.29) is 5.91 Å². The third-order valence-corrected chi connectivity index (χ3v) is 9.51. The molecule has 3 atom stereocenters. The number of amides is 1. The molecule has 2 aromatic carbocycles. The second-order valence-corrected chi connectivity index (χ2v) is 13.1. The molecule has 0 radical (unpaired) electrons. The van der Waals surface area contributed by atoms with Gasteiger partial charge in [0.05, 0.1) is 19.3 Å². The number of nitrogens with zero attached hydrogens (tertiary/aromatic N) is 3. The minimum atomic E-state index is -0.815. The Morgan fingerprint density at radius 2 is 1.88 bits per heavy atom. The molecule has 0 saturated carbocycles. The van der Waals surface area contributed by atoms with Crippen LogP contribution in [0.15, 0.2) is 48.7 Å². The minimum absolute atomic E-state index is 0.0499. The Morgan fingerprint density at radius 3 is 2.67 bits per heavy atom. The van der Waals surface area contributed by atoms with E-state index in [0.717, 1.165) is 41.9 Å². The number of aromatic nitrogens is 1. The van der Waals surface area contributed by atoms with Gasteiger partial charge in [0, 0.05) is 62.2 Å². The number of piperidine rings is 1. The van der Waals surface area contributed by atoms with Gasteiger partial charge in [0.2, 0.25) is 11.5 Å². The summed E-state index contributed by atoms with van der Waals surface area (Å²) in [7, 11) is 1.60. The highest BCUT2D eigenvalue weighted by molar-refractivity contribution is 5.96. The Labute approximate surface area is 248 Å². The lowest BCUT2D eigenvalue weighted by molar-refractivity contribution is -0.0439. The number of methoxy groups -OCH3 is 1. The first-order chi connectivity index (χ1) is 20.3. The van der Waals surface area contributed by atoms with Gasteiger partial charge in [-0.15, -0.1) is 0 Å². The Kier molecular flexibility index (Phi) is 7.22. The third-order valence-electron chi connectivity index (χ3n) is 9.51. The molecular weight excluding hydrogens is 528 g/mol. The van der Waals surface area contributed by atoms with Crippen molar-refractivity contribution >= 4 is 16.7 Å². The molecular formula is C34H42N4O4. The van der Waals surface area contributed by atoms with E-state index in [0.29, 0.717) is 54.0 Å². The number of benzene rings is 2. The van der Waals surface area contributed by atoms with E-state index in [1.165, 1.54) is 32.1 Å². The zero-order chi connectivity index (χ0) is 28.8. The summed E-state index contributed by atoms with van der Waals surface area (Å²) in [6.45, 7) is 7.04. The van der Waals surface area contributed by atoms with Gasteiger partial charge in [-0.1, -0.05) is 24.3 Å². The lowest BCUT2D eigenvalue weighted by Crippen LogP contribution is -2.47. The number of fused-ring (bicyclic) bond motifs is 4. The van der Waals surface area contributed by atoms with E-state index in [2.05, 4.69) is 28.4 Å². The SMILES string of the molecule is COc1cc(C(=O)N(Cc2cc3ccccc3cn2)C[C@@H]2CCCN2CC2C[C@@H]3CC[C@@H](C2)N3)cc2c1OC(C)(C)O2. The second kappa shape index (κ2) is 11.0. The number of hydrogen-bond acceptors (Lipinski definition) is 7. The van der Waals surface area contributed by atoms with Crippen LogP contribution < -0.4 is 19.5 Å². The van der Waals surface area contributed by atoms with E-state index in [9.17, 15) is 4.79 Å². The maximum atomic E-state index is 14.3. The summed E-state index contributed by atoms with van der Waals surface area (Å²) in [6, 6.07) is 15.6. The summed E-state index contributed by atoms with van der Waals surface area (Å²) in [5.41, 5.74) is 1.42. The normalized spacial score (nSPS) is 26.1. The van der Waals surface area contributed by atoms with Crippen molar-refractivity contribution in [3.8, 4) is 17.2 Å². The highest BCUT2D eigenvalue weighted by atomic mass is 16.7. The van der Waals surface area contributed by atoms with Crippen molar-refractivity contribution in [2.45, 2.75) is 82.8 Å². The monoisotopic (exact) mass is 570 g/mol. The minimum Gasteiger partial charge on any atom is -0.493 e. The standard InChI is InChI=1S/C34H42N4O4/c1-34(2)41-31-17-25(16-30(40-3)32(31)42-34)33(39)38(20-28-15-23-7-4-5-8-24(23)18-35-28)21-29-9-6-12-37(29)19-22-13-26-10-11-27(14-22)36-26/h4-5,7-8,15-18,22,26-27,29,36H,6,9-14,19-21H2,1-3H3/t26-,27-,29-/m0/s1. The first-order valence-corrected chi connectivity index (χ1v) is 15.6. The van der Waals surface area contributed by atoms with Crippen molar-refractivity contribution in [3.05, 3.63) is 59.9 Å². The Morgan fingerprint density at radius 1 is 1.10 bits per heavy atom. The first kappa shape index (κ1) is 27.5. The molecule has 5 heterocycles. The molecule has 2 bridgehead atoms. The number of ether oxygens (including phenoxy) is 3. The predicted octanol–water partition coefficient (Wildman–Crippen LogP) is 5.39. The quantitative estimate of drug-likeness (QED) is 0.389. The molecule has 7 rings (SSSR count). The number of pyridine rings is 1. The van der Waals surface area contributed by atoms with Crippen molar-refractivity contribution in [3.63, 3.8) is 0 Å². The van der Waals surface area contributed by atoms with Crippen molar-refractivity contribution < 1.29 is 19.0 Å². The van der Waals surface area contributed by atoms with E-state index in [4.69, 9.17) is 19.2 Å². The molecule has 4 aliphatic heterocycles. The van der Waals surface area contributed by atoms with Crippen LogP contribution in [0.25, 0.3) is 10.8 Å². The summed E-state index contributed by atoms with van der Waals surface area (Å²) < 4.78 is 17.6. The van der Waals surface area contributed by atoms with Crippen LogP contribution >= 0.6 is 0 Å². The van der Waals surface area contributed by atoms with Gasteiger partial charge in [0.25, 0.3) is 5.91 Å². The fourth-order valence-corrected chi connectivity index (χ4v) is 7.63. The number of likely N-dealkylation sites (tertiary alicyclic amines) is 1. The molecule has 0 spiro atoms. The zero-order valence-electron chi connectivity index (χ0n) is 25.0. The van der Waals surface area contributed by atoms with Gasteiger partial charge in [0.15, 0.2) is 11.5 Å². The van der Waals surface area contributed by atoms with Crippen molar-refractivity contribution in [1.82, 2.24) is 20.1 Å². The molecule has 3 saturated heterocycles. The van der Waals surface area contributed by atoms with Crippen LogP contribution in [0, 0.1) is 5.92 Å². The zero-order valence-corrected chi connectivity index (χ0v) is 25.0. The molecule has 1 amide bonds. The maximum absolute atomic E-state index is 14.3. The Bertz CT molecular complexity index is 1460. The molecule has 222 valence electrons. The van der Waals surface area contributed by atoms with E-state index in [1.54, 1.807) is 19.2 Å². The average Bonchev–Trinajstić information content (AvgIpc) is 3.66. The smallest absolute Gasteiger partial charge is 0.254 e. The molecule has 0 unspecified atom stereocenters. The van der Waals surface area contributed by atoms with Gasteiger partial charge in [-0.05, 0) is 74.6 Å². The lowest BCUT2D eigenvalue weighted by atomic mass is 9.92. The largest absolute Gasteiger partial charge is 0.493 e. The van der Waals surface area contributed by atoms with Crippen LogP contribution in [0.2, 0.25) is 0 Å². The van der Waals surface area contributed by atoms with Crippen LogP contribution in [0.4, 0.5) is 0 Å². The highest BCUT2D eigenvalue weighted by Gasteiger charge is 2.38. The molecule has 4 aliphatic rings. The number of nitrogens with one attached hydrogen (secondary N) is 1. The number of hydrogen-bond donors (Lipinski definition) is 1. The summed E-state index contributed by atoms with van der Waals surface area (Å²) in [4.78, 5) is 23.7. The summed E-state index contributed by atoms with van der Waals surface area (Å²) >= 11 is 0. The van der Waals surface area contributed by atoms with Gasteiger partial charge in [-0.3, -0.25) is 14.7 Å². The molecule has 0 aliphatic carbocycles. The van der Waals surface area contributed by atoms with Gasteiger partial charge in [0.1, 0.15) is 0 Å². The summed E-state index contributed by atoms with van der Waals surface area (Å²) in [5, 5.41) is 6.01. The Balaban J connectivity index is 1.16. The maximum Gasteiger partial charge on any atom is 0.254 e. The van der Waals surface area contributed by atoms with Crippen LogP contribution in [-0.2, 0) is 6.54 Å². The van der Waals surface area contributed by atoms with Crippen LogP contribution in [0.1, 0.15) is 68.4 Å². The molecule has 3 fully saturated rings. The van der Waals surface area contributed by atoms with Crippen molar-refractivity contribution in [2.24, 2.45) is 5.92 Å². The number of rotatable bonds is 8. The third kappa shape index (κ3) is 5.54. The predicted molar refractivity (Wildman–Crippen MR) is 162 cm³/mol. The van der Waals surface area contributed by atoms with E-state index < -0.39 is 5.79 Å². The molecule has 3 aromatic rings. The highest BCUT2D eigenvalue weighted by Crippen LogP contribution is 2.47. The van der Waals surface area contributed by atoms with Crippen LogP contribution in [-0.4, -0.2) is 71.3 Å². The van der Waals surface area contributed by atoms with E-state index in [1.807, 2.05) is 37.1 Å². The summed E-state index contributed by atoms with van der Waals surface area (Å²) in [6.07, 6.45) is 9.38. The molecule has 1 aromatic heterocycles. The Hall–Kier alpha value is -3.36. The van der Waals surface area contributed by atoms with Gasteiger partial charge >= 0.3 is 0 Å². The topological polar surface area (TPSA) is 76.2 Å². The van der Waals surface area contributed by atoms with Crippen LogP contribution in [0.3, 0.4) is 0 Å². The molecule has 1 N–H and O–H groups in total. The average molecular weight is 571 g/mol. The van der Waals surface area contributed by atoms with Crippen molar-refractivity contribution in [2.75, 3.05) is 26.7 Å². The fourth-order valence-electron chi connectivity index (χ4n) is 7.63. The first-order valence-electron chi connectivity index (χ1n) is 15.6. The van der Waals surface area contributed by atoms with Gasteiger partial charge < -0.3 is 24.4 Å². The lowest BCUT2D eigenvalue weighted by Gasteiger charge is -2.36. The number of carbonyl (C=O) groups is 1. The van der Waals surface area contributed by atoms with Crippen LogP contribution in [0.5, 0.6) is 17.2 Å². The second-order valence-electron chi connectivity index (χ2n) is 13.1. The summed E-state index contributed by atoms with van der Waals surface area (Å²) in [5.74, 6) is 1.45. The molecule has 8 nitrogen and oxygen atoms in total. The molecule has 42 heavy (non-hydrogen) atoms. The molecule has 8 heteroatoms. The van der Waals surface area contributed by atoms with Gasteiger partial charge in [-0.2, -0.15) is 0 Å².